The van der Waals surface area contributed by atoms with Gasteiger partial charge in [0.2, 0.25) is 0 Å². The Balaban J connectivity index is -0.000000120. The van der Waals surface area contributed by atoms with Gasteiger partial charge < -0.3 is 0 Å². The van der Waals surface area contributed by atoms with Gasteiger partial charge in [-0.2, -0.15) is 0 Å². The number of hydrogen-bond acceptors (Lipinski definition) is 12. The summed E-state index contributed by atoms with van der Waals surface area (Å²) < 4.78 is 0. The average Bonchev–Trinajstić information content (AvgIpc) is 2.77. The van der Waals surface area contributed by atoms with E-state index in [1.54, 1.807) is 0 Å². The molecule has 0 aliphatic rings. The van der Waals surface area contributed by atoms with E-state index in [2.05, 4.69) is 0 Å². The van der Waals surface area contributed by atoms with Crippen LogP contribution in [0.25, 0.3) is 0 Å². The molecule has 12 nitrogen and oxygen atoms in total. The molecule has 3 radical (unpaired) electrons. The zero-order chi connectivity index (χ0) is 21.3. The van der Waals surface area contributed by atoms with Crippen LogP contribution in [0.2, 0.25) is 0 Å². The third-order valence-electron chi connectivity index (χ3n) is 2.24. The van der Waals surface area contributed by atoms with Gasteiger partial charge in [-0.3, -0.25) is 0 Å². The van der Waals surface area contributed by atoms with Crippen LogP contribution in [0.3, 0.4) is 0 Å². The minimum Gasteiger partial charge on any atom is 2.00 e. The Morgan fingerprint density at radius 3 is 0.310 bits per heavy atom. The molecule has 0 spiro atoms. The maximum Gasteiger partial charge on any atom is 2.00 e. The standard InChI is InChI=1S/12CN.5Co/c12*1-2;;;;;/q;;;;;;;;;;;;2*-3;3*+2. The first-order valence-electron chi connectivity index (χ1n) is 4.68. The molecule has 0 aliphatic carbocycles. The van der Waals surface area contributed by atoms with Gasteiger partial charge in [0.05, 0.1) is 0 Å². The van der Waals surface area contributed by atoms with E-state index in [0.29, 0.717) is 0 Å². The Labute approximate surface area is 193 Å². The SMILES string of the molecule is N#[C][Co-3]([C]#N)([C]#N)([C]#N)([C]#N)[C]#N.N#[C][Co-3]([C]#N)([C]#N)([C]#N)([C]#N)[C]#N.[Co+2].[Co+2].[Co+2]. The van der Waals surface area contributed by atoms with Gasteiger partial charge in [0, 0.05) is 0 Å². The van der Waals surface area contributed by atoms with Gasteiger partial charge in [-0.1, -0.05) is 0 Å². The smallest absolute Gasteiger partial charge is 2.00 e. The summed E-state index contributed by atoms with van der Waals surface area (Å²) in [6, 6.07) is 0. The van der Waals surface area contributed by atoms with Gasteiger partial charge in [-0.25, -0.2) is 0 Å². The summed E-state index contributed by atoms with van der Waals surface area (Å²) in [7, 11) is -12.1. The molecule has 0 fully saturated rings. The zero-order valence-corrected chi connectivity index (χ0v) is 18.2. The molecular weight excluding hydrogens is 607 g/mol. The van der Waals surface area contributed by atoms with Crippen LogP contribution >= 0.6 is 0 Å². The average molecular weight is 607 g/mol. The molecule has 0 saturated heterocycles. The van der Waals surface area contributed by atoms with Crippen LogP contribution in [0, 0.1) is 123 Å². The van der Waals surface area contributed by atoms with E-state index in [1.165, 1.54) is 0 Å². The van der Waals surface area contributed by atoms with Crippen LogP contribution in [-0.2, 0) is 71.4 Å². The molecule has 0 bridgehead atoms. The third kappa shape index (κ3) is 3.85. The number of hydrogen-bond donors (Lipinski definition) is 0. The van der Waals surface area contributed by atoms with Crippen molar-refractivity contribution in [3.05, 3.63) is 0 Å². The van der Waals surface area contributed by atoms with Crippen molar-refractivity contribution >= 4 is 0 Å². The fourth-order valence-corrected chi connectivity index (χ4v) is 2.06. The van der Waals surface area contributed by atoms with E-state index in [-0.39, 0.29) is 50.3 Å². The first kappa shape index (κ1) is 36.3. The minimum absolute atomic E-state index is 0. The van der Waals surface area contributed by atoms with Crippen LogP contribution in [0.4, 0.5) is 0 Å². The molecule has 0 saturated carbocycles. The van der Waals surface area contributed by atoms with E-state index >= 15 is 0 Å². The Hall–Kier alpha value is -3.59. The summed E-state index contributed by atoms with van der Waals surface area (Å²) in [5, 5.41) is 115. The maximum absolute atomic E-state index is 8.58. The van der Waals surface area contributed by atoms with Crippen molar-refractivity contribution in [1.29, 1.82) is 63.1 Å². The fourth-order valence-electron chi connectivity index (χ4n) is 0.500. The van der Waals surface area contributed by atoms with Crippen LogP contribution in [0.1, 0.15) is 0 Å². The molecule has 0 aliphatic heterocycles. The van der Waals surface area contributed by atoms with Gasteiger partial charge >= 0.3 is 195 Å². The summed E-state index contributed by atoms with van der Waals surface area (Å²) >= 11 is 0. The monoisotopic (exact) mass is 607 g/mol. The van der Waals surface area contributed by atoms with Gasteiger partial charge in [0.15, 0.2) is 0 Å². The van der Waals surface area contributed by atoms with Crippen molar-refractivity contribution < 1.29 is 71.4 Å². The molecule has 17 heteroatoms. The van der Waals surface area contributed by atoms with Crippen molar-refractivity contribution in [1.82, 2.24) is 0 Å². The summed E-state index contributed by atoms with van der Waals surface area (Å²) in [4.78, 5) is 0. The first-order chi connectivity index (χ1) is 11.9. The van der Waals surface area contributed by atoms with Crippen LogP contribution in [0.5, 0.6) is 0 Å². The second kappa shape index (κ2) is 9.07. The molecule has 153 valence electrons. The van der Waals surface area contributed by atoms with Crippen molar-refractivity contribution in [3.63, 3.8) is 0 Å². The zero-order valence-electron chi connectivity index (χ0n) is 13.0. The van der Waals surface area contributed by atoms with Crippen molar-refractivity contribution in [2.45, 2.75) is 0 Å². The van der Waals surface area contributed by atoms with Gasteiger partial charge in [-0.05, 0) is 0 Å². The van der Waals surface area contributed by atoms with Gasteiger partial charge in [-0.15, -0.1) is 0 Å². The van der Waals surface area contributed by atoms with E-state index in [1.807, 2.05) is 0 Å². The predicted octanol–water partition coefficient (Wildman–Crippen LogP) is 0.189. The van der Waals surface area contributed by atoms with Crippen molar-refractivity contribution in [3.8, 4) is 60.0 Å². The van der Waals surface area contributed by atoms with Gasteiger partial charge in [0.1, 0.15) is 0 Å². The second-order valence-corrected chi connectivity index (χ2v) is 14.0. The normalized spacial score (nSPS) is 12.0. The van der Waals surface area contributed by atoms with Gasteiger partial charge in [0.25, 0.3) is 0 Å². The maximum atomic E-state index is 8.58. The summed E-state index contributed by atoms with van der Waals surface area (Å²) in [6.07, 6.45) is 0. The largest absolute Gasteiger partial charge is 2.00 e. The Bertz CT molecular complexity index is 885. The Morgan fingerprint density at radius 1 is 0.241 bits per heavy atom. The molecule has 0 amide bonds. The molecule has 0 N–H and O–H groups in total. The third-order valence-corrected chi connectivity index (χ3v) is 9.22. The van der Waals surface area contributed by atoms with Crippen molar-refractivity contribution in [2.24, 2.45) is 0 Å². The van der Waals surface area contributed by atoms with Crippen LogP contribution in [0.15, 0.2) is 0 Å². The molecule has 0 aromatic rings. The predicted molar refractivity (Wildman–Crippen MR) is 67.4 cm³/mol. The quantitative estimate of drug-likeness (QED) is 0.357. The summed E-state index contributed by atoms with van der Waals surface area (Å²) in [6.45, 7) is 0. The molecule has 0 aromatic heterocycles. The Morgan fingerprint density at radius 2 is 0.310 bits per heavy atom. The first-order valence-corrected chi connectivity index (χ1v) is 10.9. The van der Waals surface area contributed by atoms with E-state index in [9.17, 15) is 0 Å². The number of nitrogens with zero attached hydrogens (tertiary/aromatic N) is 12. The molecule has 0 heterocycles. The van der Waals surface area contributed by atoms with Crippen LogP contribution in [-0.4, -0.2) is 0 Å². The molecule has 0 atom stereocenters. The Kier molecular flexibility index (Phi) is 11.4. The van der Waals surface area contributed by atoms with E-state index in [0.717, 1.165) is 60.0 Å². The van der Waals surface area contributed by atoms with E-state index in [4.69, 9.17) is 63.1 Å². The molecule has 0 unspecified atom stereocenters. The molecule has 0 aromatic carbocycles. The molecule has 29 heavy (non-hydrogen) atoms. The number of nitriles is 12. The number of rotatable bonds is 0. The van der Waals surface area contributed by atoms with Crippen LogP contribution < -0.4 is 0 Å². The summed E-state index contributed by atoms with van der Waals surface area (Å²) in [5.41, 5.74) is 0. The van der Waals surface area contributed by atoms with Crippen molar-refractivity contribution in [2.75, 3.05) is 0 Å². The second-order valence-electron chi connectivity index (χ2n) is 3.39. The summed E-state index contributed by atoms with van der Waals surface area (Å²) in [5.74, 6) is 0. The minimum atomic E-state index is -6.03. The molecular formula is C12Co5N12. The fraction of sp³-hybridized carbons (Fsp3) is 0. The van der Waals surface area contributed by atoms with E-state index < -0.39 is 21.1 Å². The topological polar surface area (TPSA) is 285 Å². The molecule has 0 rings (SSSR count).